The summed E-state index contributed by atoms with van der Waals surface area (Å²) in [5.41, 5.74) is 2.36. The molecule has 0 radical (unpaired) electrons. The first-order valence-electron chi connectivity index (χ1n) is 8.60. The van der Waals surface area contributed by atoms with Crippen LogP contribution >= 0.6 is 0 Å². The molecule has 1 saturated heterocycles. The van der Waals surface area contributed by atoms with Crippen molar-refractivity contribution in [3.63, 3.8) is 0 Å². The molecule has 5 heteroatoms. The monoisotopic (exact) mass is 323 g/mol. The number of carbonyl (C=O) groups excluding carboxylic acids is 2. The quantitative estimate of drug-likeness (QED) is 0.816. The highest BCUT2D eigenvalue weighted by Gasteiger charge is 2.49. The Kier molecular flexibility index (Phi) is 3.71. The highest BCUT2D eigenvalue weighted by atomic mass is 16.2. The van der Waals surface area contributed by atoms with Crippen molar-refractivity contribution in [1.82, 2.24) is 9.78 Å². The molecule has 0 bridgehead atoms. The van der Waals surface area contributed by atoms with Crippen molar-refractivity contribution in [2.45, 2.75) is 39.2 Å². The third kappa shape index (κ3) is 2.54. The van der Waals surface area contributed by atoms with Gasteiger partial charge in [-0.05, 0) is 25.3 Å². The van der Waals surface area contributed by atoms with Gasteiger partial charge in [-0.1, -0.05) is 42.7 Å². The smallest absolute Gasteiger partial charge is 0.238 e. The molecule has 1 aliphatic heterocycles. The lowest BCUT2D eigenvalue weighted by Crippen LogP contribution is -2.31. The van der Waals surface area contributed by atoms with Crippen LogP contribution in [-0.4, -0.2) is 21.6 Å². The molecule has 2 fully saturated rings. The van der Waals surface area contributed by atoms with Gasteiger partial charge in [0.1, 0.15) is 0 Å². The van der Waals surface area contributed by atoms with Crippen LogP contribution in [0.25, 0.3) is 0 Å². The predicted molar refractivity (Wildman–Crippen MR) is 90.4 cm³/mol. The second-order valence-corrected chi connectivity index (χ2v) is 6.87. The highest BCUT2D eigenvalue weighted by Crippen LogP contribution is 2.39. The number of aromatic nitrogens is 2. The summed E-state index contributed by atoms with van der Waals surface area (Å²) in [6.45, 7) is 2.68. The van der Waals surface area contributed by atoms with Gasteiger partial charge in [-0.15, -0.1) is 0 Å². The number of aryl methyl sites for hydroxylation is 1. The Morgan fingerprint density at radius 1 is 1.00 bits per heavy atom. The minimum atomic E-state index is -0.131. The van der Waals surface area contributed by atoms with Crippen LogP contribution in [0.15, 0.2) is 36.5 Å². The summed E-state index contributed by atoms with van der Waals surface area (Å²) >= 11 is 0. The van der Waals surface area contributed by atoms with Crippen LogP contribution < -0.4 is 4.90 Å². The van der Waals surface area contributed by atoms with Gasteiger partial charge in [0.2, 0.25) is 11.8 Å². The van der Waals surface area contributed by atoms with E-state index in [1.54, 1.807) is 10.7 Å². The SMILES string of the molecule is Cc1ccc(Cn2ccc(N3C(=O)[C@H]4CCCC[C@H]4C3=O)n2)cc1. The normalized spacial score (nSPS) is 23.6. The van der Waals surface area contributed by atoms with Crippen LogP contribution in [0.5, 0.6) is 0 Å². The summed E-state index contributed by atoms with van der Waals surface area (Å²) in [5, 5.41) is 4.47. The zero-order chi connectivity index (χ0) is 16.7. The molecule has 1 aromatic carbocycles. The fourth-order valence-corrected chi connectivity index (χ4v) is 3.83. The summed E-state index contributed by atoms with van der Waals surface area (Å²) in [5.74, 6) is 0.0732. The Labute approximate surface area is 141 Å². The van der Waals surface area contributed by atoms with Crippen LogP contribution in [0.4, 0.5) is 5.82 Å². The Balaban J connectivity index is 1.55. The highest BCUT2D eigenvalue weighted by molar-refractivity contribution is 6.21. The van der Waals surface area contributed by atoms with Gasteiger partial charge in [0.25, 0.3) is 0 Å². The van der Waals surface area contributed by atoms with Gasteiger partial charge < -0.3 is 0 Å². The van der Waals surface area contributed by atoms with Crippen LogP contribution in [0.1, 0.15) is 36.8 Å². The van der Waals surface area contributed by atoms with E-state index in [0.29, 0.717) is 12.4 Å². The molecule has 2 aliphatic rings. The van der Waals surface area contributed by atoms with Gasteiger partial charge in [0, 0.05) is 12.3 Å². The zero-order valence-electron chi connectivity index (χ0n) is 13.8. The molecule has 0 spiro atoms. The first-order chi connectivity index (χ1) is 11.6. The van der Waals surface area contributed by atoms with E-state index < -0.39 is 0 Å². The average molecular weight is 323 g/mol. The Morgan fingerprint density at radius 3 is 2.25 bits per heavy atom. The molecule has 1 aromatic heterocycles. The molecular weight excluding hydrogens is 302 g/mol. The molecule has 2 aromatic rings. The molecule has 2 amide bonds. The Bertz CT molecular complexity index is 754. The van der Waals surface area contributed by atoms with Crippen LogP contribution in [-0.2, 0) is 16.1 Å². The number of hydrogen-bond donors (Lipinski definition) is 0. The number of nitrogens with zero attached hydrogens (tertiary/aromatic N) is 3. The number of benzene rings is 1. The van der Waals surface area contributed by atoms with E-state index in [1.165, 1.54) is 10.5 Å². The number of rotatable bonds is 3. The molecule has 4 rings (SSSR count). The van der Waals surface area contributed by atoms with E-state index in [4.69, 9.17) is 0 Å². The lowest BCUT2D eigenvalue weighted by atomic mass is 9.81. The third-order valence-electron chi connectivity index (χ3n) is 5.16. The van der Waals surface area contributed by atoms with E-state index in [1.807, 2.05) is 6.20 Å². The largest absolute Gasteiger partial charge is 0.274 e. The van der Waals surface area contributed by atoms with Crippen molar-refractivity contribution in [2.24, 2.45) is 11.8 Å². The number of amides is 2. The van der Waals surface area contributed by atoms with Gasteiger partial charge in [-0.2, -0.15) is 5.10 Å². The van der Waals surface area contributed by atoms with Gasteiger partial charge in [-0.25, -0.2) is 4.90 Å². The fourth-order valence-electron chi connectivity index (χ4n) is 3.83. The third-order valence-corrected chi connectivity index (χ3v) is 5.16. The van der Waals surface area contributed by atoms with Crippen molar-refractivity contribution in [3.8, 4) is 0 Å². The minimum Gasteiger partial charge on any atom is -0.274 e. The van der Waals surface area contributed by atoms with E-state index in [-0.39, 0.29) is 23.7 Å². The average Bonchev–Trinajstić information content (AvgIpc) is 3.14. The second-order valence-electron chi connectivity index (χ2n) is 6.87. The topological polar surface area (TPSA) is 55.2 Å². The predicted octanol–water partition coefficient (Wildman–Crippen LogP) is 2.92. The summed E-state index contributed by atoms with van der Waals surface area (Å²) in [6, 6.07) is 10.0. The Hall–Kier alpha value is -2.43. The van der Waals surface area contributed by atoms with Crippen LogP contribution in [0.3, 0.4) is 0 Å². The molecule has 24 heavy (non-hydrogen) atoms. The first-order valence-corrected chi connectivity index (χ1v) is 8.60. The maximum absolute atomic E-state index is 12.6. The lowest BCUT2D eigenvalue weighted by Gasteiger charge is -2.19. The minimum absolute atomic E-state index is 0.0646. The molecule has 0 unspecified atom stereocenters. The number of hydrogen-bond acceptors (Lipinski definition) is 3. The van der Waals surface area contributed by atoms with Crippen molar-refractivity contribution in [3.05, 3.63) is 47.7 Å². The fraction of sp³-hybridized carbons (Fsp3) is 0.421. The maximum atomic E-state index is 12.6. The molecule has 124 valence electrons. The standard InChI is InChI=1S/C19H21N3O2/c1-13-6-8-14(9-7-13)12-21-11-10-17(20-21)22-18(23)15-4-2-3-5-16(15)19(22)24/h6-11,15-16H,2-5,12H2,1H3/t15-,16+. The van der Waals surface area contributed by atoms with Crippen molar-refractivity contribution < 1.29 is 9.59 Å². The van der Waals surface area contributed by atoms with E-state index >= 15 is 0 Å². The molecular formula is C19H21N3O2. The van der Waals surface area contributed by atoms with E-state index in [2.05, 4.69) is 36.3 Å². The summed E-state index contributed by atoms with van der Waals surface area (Å²) in [7, 11) is 0. The summed E-state index contributed by atoms with van der Waals surface area (Å²) < 4.78 is 1.78. The number of fused-ring (bicyclic) bond motifs is 1. The molecule has 0 N–H and O–H groups in total. The summed E-state index contributed by atoms with van der Waals surface area (Å²) in [6.07, 6.45) is 5.56. The summed E-state index contributed by atoms with van der Waals surface area (Å²) in [4.78, 5) is 26.5. The maximum Gasteiger partial charge on any atom is 0.238 e. The molecule has 2 heterocycles. The van der Waals surface area contributed by atoms with Crippen LogP contribution in [0.2, 0.25) is 0 Å². The molecule has 1 aliphatic carbocycles. The van der Waals surface area contributed by atoms with Gasteiger partial charge >= 0.3 is 0 Å². The number of carbonyl (C=O) groups is 2. The molecule has 5 nitrogen and oxygen atoms in total. The van der Waals surface area contributed by atoms with Gasteiger partial charge in [0.15, 0.2) is 5.82 Å². The van der Waals surface area contributed by atoms with Crippen molar-refractivity contribution in [1.29, 1.82) is 0 Å². The Morgan fingerprint density at radius 2 is 1.62 bits per heavy atom. The first kappa shape index (κ1) is 15.1. The molecule has 1 saturated carbocycles. The van der Waals surface area contributed by atoms with Crippen molar-refractivity contribution in [2.75, 3.05) is 4.90 Å². The number of imide groups is 1. The van der Waals surface area contributed by atoms with Crippen LogP contribution in [0, 0.1) is 18.8 Å². The van der Waals surface area contributed by atoms with E-state index in [0.717, 1.165) is 31.2 Å². The van der Waals surface area contributed by atoms with Crippen molar-refractivity contribution >= 4 is 17.6 Å². The lowest BCUT2D eigenvalue weighted by molar-refractivity contribution is -0.122. The van der Waals surface area contributed by atoms with Gasteiger partial charge in [-0.3, -0.25) is 14.3 Å². The van der Waals surface area contributed by atoms with Gasteiger partial charge in [0.05, 0.1) is 18.4 Å². The second kappa shape index (κ2) is 5.89. The van der Waals surface area contributed by atoms with E-state index in [9.17, 15) is 9.59 Å². The number of anilines is 1. The molecule has 2 atom stereocenters. The zero-order valence-corrected chi connectivity index (χ0v) is 13.8.